The summed E-state index contributed by atoms with van der Waals surface area (Å²) in [7, 11) is 0. The molecule has 1 amide bonds. The molecule has 6 nitrogen and oxygen atoms in total. The molecule has 0 saturated heterocycles. The van der Waals surface area contributed by atoms with Crippen LogP contribution in [0.25, 0.3) is 0 Å². The van der Waals surface area contributed by atoms with Crippen molar-refractivity contribution in [1.82, 2.24) is 15.1 Å². The molecule has 2 fully saturated rings. The summed E-state index contributed by atoms with van der Waals surface area (Å²) in [6.45, 7) is 5.12. The summed E-state index contributed by atoms with van der Waals surface area (Å²) in [5.74, 6) is 1.67. The summed E-state index contributed by atoms with van der Waals surface area (Å²) in [6.07, 6.45) is 29.0. The fraction of sp³-hybridized carbons (Fsp3) is 0.600. The highest BCUT2D eigenvalue weighted by molar-refractivity contribution is 5.79. The van der Waals surface area contributed by atoms with Gasteiger partial charge in [-0.25, -0.2) is 4.99 Å². The van der Waals surface area contributed by atoms with E-state index in [9.17, 15) is 9.90 Å². The van der Waals surface area contributed by atoms with Gasteiger partial charge in [-0.05, 0) is 68.7 Å². The average molecular weight is 494 g/mol. The third kappa shape index (κ3) is 7.70. The van der Waals surface area contributed by atoms with E-state index in [1.54, 1.807) is 0 Å². The van der Waals surface area contributed by atoms with Crippen LogP contribution in [0.3, 0.4) is 0 Å². The predicted molar refractivity (Wildman–Crippen MR) is 146 cm³/mol. The topological polar surface area (TPSA) is 72.4 Å². The Morgan fingerprint density at radius 3 is 2.11 bits per heavy atom. The standard InChI is InChI=1S/C30H44N4O2/c1-23(25-9-5-3-6-10-25)31-29(35)21-33-17-13-27(14-18-33)28-15-19-34(20-16-28)22-30(36)32-24(2)26-11-7-4-8-12-26/h13-20,23-26H,3-12,21-22H2,1-2H3,(H,31,35)(H,32,36)/q+1/p+1/t23-,24-/m1/s1. The van der Waals surface area contributed by atoms with E-state index in [0.29, 0.717) is 36.9 Å². The molecule has 0 aromatic carbocycles. The fourth-order valence-electron chi connectivity index (χ4n) is 5.96. The van der Waals surface area contributed by atoms with Gasteiger partial charge in [0.25, 0.3) is 5.91 Å². The third-order valence-electron chi connectivity index (χ3n) is 8.27. The number of nitrogens with zero attached hydrogens (tertiary/aromatic N) is 2. The molecule has 2 aliphatic carbocycles. The lowest BCUT2D eigenvalue weighted by Crippen LogP contribution is -2.81. The monoisotopic (exact) mass is 493 g/mol. The first-order valence-electron chi connectivity index (χ1n) is 14.1. The highest BCUT2D eigenvalue weighted by Gasteiger charge is 2.26. The zero-order valence-corrected chi connectivity index (χ0v) is 22.2. The van der Waals surface area contributed by atoms with Gasteiger partial charge in [0.2, 0.25) is 6.54 Å². The zero-order valence-electron chi connectivity index (χ0n) is 22.2. The quantitative estimate of drug-likeness (QED) is 0.273. The number of hydrogen-bond donors (Lipinski definition) is 3. The smallest absolute Gasteiger partial charge is 0.352 e. The van der Waals surface area contributed by atoms with Crippen molar-refractivity contribution in [3.63, 3.8) is 0 Å². The van der Waals surface area contributed by atoms with Gasteiger partial charge in [-0.2, -0.15) is 0 Å². The molecule has 36 heavy (non-hydrogen) atoms. The van der Waals surface area contributed by atoms with Gasteiger partial charge in [0.15, 0.2) is 18.4 Å². The number of hydrogen-bond acceptors (Lipinski definition) is 3. The fourth-order valence-corrected chi connectivity index (χ4v) is 5.96. The van der Waals surface area contributed by atoms with E-state index >= 15 is 0 Å². The maximum Gasteiger partial charge on any atom is 0.352 e. The first kappa shape index (κ1) is 26.5. The highest BCUT2D eigenvalue weighted by atomic mass is 16.3. The van der Waals surface area contributed by atoms with Crippen LogP contribution in [-0.2, 0) is 4.79 Å². The molecular weight excluding hydrogens is 448 g/mol. The van der Waals surface area contributed by atoms with Crippen molar-refractivity contribution in [3.8, 4) is 0 Å². The summed E-state index contributed by atoms with van der Waals surface area (Å²) in [5, 5.41) is 13.7. The third-order valence-corrected chi connectivity index (χ3v) is 8.27. The van der Waals surface area contributed by atoms with E-state index in [1.165, 1.54) is 64.2 Å². The molecule has 0 aromatic rings. The molecule has 2 atom stereocenters. The Balaban J connectivity index is 1.23. The number of allylic oxidation sites excluding steroid dienone is 6. The van der Waals surface area contributed by atoms with E-state index in [-0.39, 0.29) is 11.9 Å². The second kappa shape index (κ2) is 13.1. The van der Waals surface area contributed by atoms with Crippen LogP contribution in [0.15, 0.2) is 60.3 Å². The lowest BCUT2D eigenvalue weighted by Gasteiger charge is -2.28. The largest absolute Gasteiger partial charge is 0.462 e. The van der Waals surface area contributed by atoms with Gasteiger partial charge in [0.1, 0.15) is 6.54 Å². The van der Waals surface area contributed by atoms with Crippen molar-refractivity contribution >= 4 is 11.8 Å². The molecule has 6 heteroatoms. The summed E-state index contributed by atoms with van der Waals surface area (Å²) in [6, 6.07) is 0.551. The van der Waals surface area contributed by atoms with Crippen molar-refractivity contribution in [2.45, 2.75) is 90.1 Å². The van der Waals surface area contributed by atoms with Crippen LogP contribution >= 0.6 is 0 Å². The first-order valence-corrected chi connectivity index (χ1v) is 14.1. The Labute approximate surface area is 217 Å². The minimum Gasteiger partial charge on any atom is -0.462 e. The second-order valence-corrected chi connectivity index (χ2v) is 11.1. The molecule has 0 aromatic heterocycles. The minimum atomic E-state index is 0.0778. The lowest BCUT2D eigenvalue weighted by atomic mass is 9.84. The summed E-state index contributed by atoms with van der Waals surface area (Å²) >= 11 is 0. The Hall–Kier alpha value is -2.60. The Morgan fingerprint density at radius 1 is 0.944 bits per heavy atom. The van der Waals surface area contributed by atoms with E-state index in [1.807, 2.05) is 34.6 Å². The predicted octanol–water partition coefficient (Wildman–Crippen LogP) is 3.90. The highest BCUT2D eigenvalue weighted by Crippen LogP contribution is 2.26. The van der Waals surface area contributed by atoms with Crippen LogP contribution in [0.2, 0.25) is 0 Å². The van der Waals surface area contributed by atoms with Gasteiger partial charge >= 0.3 is 5.90 Å². The van der Waals surface area contributed by atoms with Crippen molar-refractivity contribution < 1.29 is 14.9 Å². The maximum atomic E-state index is 12.5. The Bertz CT molecular complexity index is 901. The molecule has 0 spiro atoms. The van der Waals surface area contributed by atoms with Gasteiger partial charge in [0.05, 0.1) is 0 Å². The van der Waals surface area contributed by atoms with Crippen LogP contribution in [-0.4, -0.2) is 47.0 Å². The lowest BCUT2D eigenvalue weighted by molar-refractivity contribution is -0.519. The number of carbonyl (C=O) groups is 1. The molecule has 4 aliphatic rings. The minimum absolute atomic E-state index is 0.0778. The molecule has 4 rings (SSSR count). The molecule has 2 heterocycles. The van der Waals surface area contributed by atoms with Gasteiger partial charge in [0, 0.05) is 36.5 Å². The van der Waals surface area contributed by atoms with E-state index < -0.39 is 0 Å². The molecule has 3 N–H and O–H groups in total. The number of aliphatic hydroxyl groups excluding tert-OH is 1. The van der Waals surface area contributed by atoms with E-state index in [4.69, 9.17) is 0 Å². The summed E-state index contributed by atoms with van der Waals surface area (Å²) in [5.41, 5.74) is 2.21. The molecule has 195 valence electrons. The molecule has 1 radical (unpaired) electrons. The van der Waals surface area contributed by atoms with Gasteiger partial charge in [-0.1, -0.05) is 38.5 Å². The number of aliphatic hydroxyl groups is 1. The number of rotatable bonds is 8. The first-order chi connectivity index (χ1) is 17.5. The number of amides is 1. The average Bonchev–Trinajstić information content (AvgIpc) is 2.90. The van der Waals surface area contributed by atoms with Gasteiger partial charge in [-0.3, -0.25) is 4.79 Å². The number of carbonyl (C=O) groups excluding carboxylic acids is 1. The summed E-state index contributed by atoms with van der Waals surface area (Å²) < 4.78 is 0. The number of nitrogens with one attached hydrogen (secondary N) is 2. The van der Waals surface area contributed by atoms with E-state index in [0.717, 1.165) is 11.1 Å². The Morgan fingerprint density at radius 2 is 1.50 bits per heavy atom. The van der Waals surface area contributed by atoms with Crippen LogP contribution < -0.4 is 15.2 Å². The van der Waals surface area contributed by atoms with Crippen LogP contribution in [0.4, 0.5) is 0 Å². The van der Waals surface area contributed by atoms with Crippen molar-refractivity contribution in [1.29, 1.82) is 0 Å². The van der Waals surface area contributed by atoms with Gasteiger partial charge in [-0.15, -0.1) is 4.90 Å². The van der Waals surface area contributed by atoms with Crippen LogP contribution in [0.1, 0.15) is 78.1 Å². The normalized spacial score (nSPS) is 23.8. The Kier molecular flexibility index (Phi) is 9.62. The molecule has 0 unspecified atom stereocenters. The van der Waals surface area contributed by atoms with Crippen molar-refractivity contribution in [3.05, 3.63) is 60.3 Å². The summed E-state index contributed by atoms with van der Waals surface area (Å²) in [4.78, 5) is 19.8. The van der Waals surface area contributed by atoms with Crippen LogP contribution in [0.5, 0.6) is 0 Å². The zero-order chi connectivity index (χ0) is 25.3. The van der Waals surface area contributed by atoms with Crippen molar-refractivity contribution in [2.75, 3.05) is 13.1 Å². The van der Waals surface area contributed by atoms with Crippen molar-refractivity contribution in [2.24, 2.45) is 11.8 Å². The maximum absolute atomic E-state index is 12.5. The molecule has 2 saturated carbocycles. The SMILES string of the molecule is C[C@@H](NC(=O)C[N+]1C=CC(=C2C=CN(CC(O)=[NH+][C@H](C)C3CCCCC3)C=C2)C=C1)C1CCCCC1. The van der Waals surface area contributed by atoms with E-state index in [2.05, 4.69) is 48.5 Å². The molecular formula is C30H45N4O2+2. The van der Waals surface area contributed by atoms with Gasteiger partial charge < -0.3 is 15.3 Å². The second-order valence-electron chi connectivity index (χ2n) is 11.1. The molecule has 2 aliphatic heterocycles. The molecule has 0 bridgehead atoms. The van der Waals surface area contributed by atoms with Crippen LogP contribution in [0, 0.1) is 11.8 Å².